The zero-order valence-corrected chi connectivity index (χ0v) is 29.3. The molecule has 3 radical (unpaired) electrons. The third-order valence-corrected chi connectivity index (χ3v) is 12.2. The molecule has 4 rings (SSSR count). The average Bonchev–Trinajstić information content (AvgIpc) is 3.24. The van der Waals surface area contributed by atoms with E-state index in [0.717, 1.165) is 29.4 Å². The maximum absolute atomic E-state index is 13.3. The molecule has 0 aliphatic carbocycles. The lowest BCUT2D eigenvalue weighted by Crippen LogP contribution is -2.54. The highest BCUT2D eigenvalue weighted by Gasteiger charge is 2.62. The predicted molar refractivity (Wildman–Crippen MR) is 167 cm³/mol. The van der Waals surface area contributed by atoms with Gasteiger partial charge in [0.25, 0.3) is 17.5 Å². The second kappa shape index (κ2) is 11.1. The first-order chi connectivity index (χ1) is 20.3. The van der Waals surface area contributed by atoms with Gasteiger partial charge < -0.3 is 15.6 Å². The molecule has 4 heterocycles. The smallest absolute Gasteiger partial charge is 0.298 e. The van der Waals surface area contributed by atoms with Gasteiger partial charge in [-0.3, -0.25) is 28.9 Å². The Hall–Kier alpha value is -2.43. The topological polar surface area (TPSA) is 157 Å². The van der Waals surface area contributed by atoms with Crippen LogP contribution in [0.1, 0.15) is 83.1 Å². The van der Waals surface area contributed by atoms with Gasteiger partial charge in [-0.15, -0.1) is 0 Å². The first-order valence-corrected chi connectivity index (χ1v) is 15.9. The molecule has 4 aliphatic rings. The van der Waals surface area contributed by atoms with E-state index in [2.05, 4.69) is 0 Å². The van der Waals surface area contributed by atoms with Crippen LogP contribution in [0.3, 0.4) is 0 Å². The fourth-order valence-corrected chi connectivity index (χ4v) is 6.32. The normalized spacial score (nSPS) is 28.7. The lowest BCUT2D eigenvalue weighted by molar-refractivity contribution is -0.541. The van der Waals surface area contributed by atoms with Crippen molar-refractivity contribution in [1.82, 2.24) is 29.9 Å². The first-order valence-electron chi connectivity index (χ1n) is 15.9. The van der Waals surface area contributed by atoms with Gasteiger partial charge in [-0.25, -0.2) is 0 Å². The largest absolute Gasteiger partial charge is 0.715 e. The molecule has 1 fully saturated rings. The molecule has 0 N–H and O–H groups in total. The minimum absolute atomic E-state index is 0.109. The number of rotatable bonds is 6. The molecule has 0 aromatic heterocycles. The molecule has 0 saturated carbocycles. The van der Waals surface area contributed by atoms with Gasteiger partial charge in [-0.2, -0.15) is 0 Å². The number of hydrogen-bond acceptors (Lipinski definition) is 9. The molecular formula is C30H54N9O6. The van der Waals surface area contributed by atoms with Crippen LogP contribution in [0.25, 0.3) is 0 Å². The summed E-state index contributed by atoms with van der Waals surface area (Å²) < 4.78 is 2.44. The highest BCUT2D eigenvalue weighted by Crippen LogP contribution is 2.38. The van der Waals surface area contributed by atoms with Crippen LogP contribution >= 0.6 is 0 Å². The molecule has 0 aromatic rings. The van der Waals surface area contributed by atoms with Crippen LogP contribution < -0.4 is 0 Å². The van der Waals surface area contributed by atoms with Crippen molar-refractivity contribution < 1.29 is 29.8 Å². The van der Waals surface area contributed by atoms with Gasteiger partial charge in [-0.05, 0) is 83.1 Å². The molecular weight excluding hydrogens is 582 g/mol. The molecule has 15 nitrogen and oxygen atoms in total. The van der Waals surface area contributed by atoms with Crippen LogP contribution in [0.15, 0.2) is 0 Å². The highest BCUT2D eigenvalue weighted by atomic mass is 16.6. The number of hydrogen-bond donors (Lipinski definition) is 0. The van der Waals surface area contributed by atoms with Gasteiger partial charge in [0, 0.05) is 54.9 Å². The maximum atomic E-state index is 13.3. The second-order valence-electron chi connectivity index (χ2n) is 16.2. The number of hydroxylamine groups is 9. The van der Waals surface area contributed by atoms with Crippen molar-refractivity contribution in [3.8, 4) is 0 Å². The maximum Gasteiger partial charge on any atom is 0.298 e. The summed E-state index contributed by atoms with van der Waals surface area (Å²) in [5.41, 5.74) is -5.65. The van der Waals surface area contributed by atoms with E-state index in [1.54, 1.807) is 83.1 Å². The lowest BCUT2D eigenvalue weighted by atomic mass is 9.84. The Morgan fingerprint density at radius 3 is 0.756 bits per heavy atom. The second-order valence-corrected chi connectivity index (χ2v) is 16.2. The SMILES string of the molecule is CC1(C)N([O])C(CN2CCN(CC3=[N+]([O-])C(C)(C)C(C)(C)N3[O])CCN(CC3=[N+]([O-])C(C)(C)C(C)(C)N3[O])CC2)=[N+]([O-])C1(C)C. The van der Waals surface area contributed by atoms with E-state index in [1.165, 1.54) is 0 Å². The van der Waals surface area contributed by atoms with Crippen LogP contribution in [0, 0.1) is 15.6 Å². The number of nitrogens with zero attached hydrogens (tertiary/aromatic N) is 9. The molecule has 0 spiro atoms. The quantitative estimate of drug-likeness (QED) is 0.310. The third kappa shape index (κ3) is 5.23. The lowest BCUT2D eigenvalue weighted by Gasteiger charge is -2.32. The molecule has 4 aliphatic heterocycles. The summed E-state index contributed by atoms with van der Waals surface area (Å²) in [5.74, 6) is 0.368. The van der Waals surface area contributed by atoms with Gasteiger partial charge in [0.15, 0.2) is 16.6 Å². The van der Waals surface area contributed by atoms with E-state index < -0.39 is 33.2 Å². The summed E-state index contributed by atoms with van der Waals surface area (Å²) in [4.78, 5) is 6.05. The average molecular weight is 637 g/mol. The molecule has 255 valence electrons. The van der Waals surface area contributed by atoms with Crippen molar-refractivity contribution in [3.63, 3.8) is 0 Å². The fourth-order valence-electron chi connectivity index (χ4n) is 6.32. The van der Waals surface area contributed by atoms with Gasteiger partial charge >= 0.3 is 0 Å². The Morgan fingerprint density at radius 1 is 0.444 bits per heavy atom. The Kier molecular flexibility index (Phi) is 8.73. The van der Waals surface area contributed by atoms with Crippen molar-refractivity contribution in [2.24, 2.45) is 0 Å². The van der Waals surface area contributed by atoms with Crippen LogP contribution in [0.5, 0.6) is 0 Å². The van der Waals surface area contributed by atoms with E-state index in [1.807, 2.05) is 14.7 Å². The van der Waals surface area contributed by atoms with Crippen LogP contribution in [0.4, 0.5) is 0 Å². The van der Waals surface area contributed by atoms with E-state index in [-0.39, 0.29) is 37.1 Å². The predicted octanol–water partition coefficient (Wildman–Crippen LogP) is 1.29. The van der Waals surface area contributed by atoms with Crippen molar-refractivity contribution in [2.75, 3.05) is 58.9 Å². The Labute approximate surface area is 268 Å². The minimum Gasteiger partial charge on any atom is -0.715 e. The molecule has 0 amide bonds. The van der Waals surface area contributed by atoms with Crippen LogP contribution in [-0.2, 0) is 15.6 Å². The fraction of sp³-hybridized carbons (Fsp3) is 0.900. The Bertz CT molecular complexity index is 1110. The van der Waals surface area contributed by atoms with Crippen molar-refractivity contribution >= 4 is 17.5 Å². The van der Waals surface area contributed by atoms with Crippen molar-refractivity contribution in [2.45, 2.75) is 116 Å². The zero-order valence-electron chi connectivity index (χ0n) is 29.3. The molecule has 0 bridgehead atoms. The van der Waals surface area contributed by atoms with E-state index >= 15 is 0 Å². The van der Waals surface area contributed by atoms with E-state index in [9.17, 15) is 31.2 Å². The van der Waals surface area contributed by atoms with E-state index in [0.29, 0.717) is 39.3 Å². The molecule has 0 atom stereocenters. The summed E-state index contributed by atoms with van der Waals surface area (Å²) in [5, 5.41) is 82.5. The molecule has 45 heavy (non-hydrogen) atoms. The van der Waals surface area contributed by atoms with Crippen LogP contribution in [0.2, 0.25) is 0 Å². The Morgan fingerprint density at radius 2 is 0.622 bits per heavy atom. The highest BCUT2D eigenvalue weighted by molar-refractivity contribution is 5.82. The molecule has 0 unspecified atom stereocenters. The number of amidine groups is 3. The molecule has 0 aromatic carbocycles. The summed E-state index contributed by atoms with van der Waals surface area (Å²) in [6.07, 6.45) is 0. The minimum atomic E-state index is -0.941. The zero-order chi connectivity index (χ0) is 34.3. The van der Waals surface area contributed by atoms with E-state index in [4.69, 9.17) is 0 Å². The van der Waals surface area contributed by atoms with Gasteiger partial charge in [0.1, 0.15) is 36.3 Å². The van der Waals surface area contributed by atoms with Crippen molar-refractivity contribution in [3.05, 3.63) is 15.6 Å². The van der Waals surface area contributed by atoms with Gasteiger partial charge in [0.05, 0.1) is 0 Å². The monoisotopic (exact) mass is 636 g/mol. The van der Waals surface area contributed by atoms with Gasteiger partial charge in [0.2, 0.25) is 0 Å². The summed E-state index contributed by atoms with van der Waals surface area (Å²) in [6.45, 7) is 24.3. The first kappa shape index (κ1) is 35.4. The molecule has 1 saturated heterocycles. The summed E-state index contributed by atoms with van der Waals surface area (Å²) in [7, 11) is 0. The summed E-state index contributed by atoms with van der Waals surface area (Å²) >= 11 is 0. The van der Waals surface area contributed by atoms with Gasteiger partial charge in [-0.1, -0.05) is 15.2 Å². The third-order valence-electron chi connectivity index (χ3n) is 12.2. The van der Waals surface area contributed by atoms with Crippen LogP contribution in [-0.4, -0.2) is 154 Å². The summed E-state index contributed by atoms with van der Waals surface area (Å²) in [6, 6.07) is 0. The Balaban J connectivity index is 1.63. The van der Waals surface area contributed by atoms with Crippen molar-refractivity contribution in [1.29, 1.82) is 0 Å². The molecule has 15 heteroatoms. The standard InChI is InChI=1S/C30H54N9O6/c1-25(2)26(3,4)35(41)22(34(25)40)19-31-13-15-32(20-23-36(42)27(5,6)28(7,8)37(23)43)17-18-33(16-14-31)21-24-38(44)29(9,10)30(11,12)39(24)45/h13-21H2,1-12H3.